The van der Waals surface area contributed by atoms with E-state index in [2.05, 4.69) is 41.1 Å². The second kappa shape index (κ2) is 15.2. The Bertz CT molecular complexity index is 1460. The van der Waals surface area contributed by atoms with Crippen LogP contribution in [0.1, 0.15) is 80.6 Å². The van der Waals surface area contributed by atoms with Gasteiger partial charge in [-0.3, -0.25) is 19.7 Å². The lowest BCUT2D eigenvalue weighted by atomic mass is 9.70. The average molecular weight is 664 g/mol. The van der Waals surface area contributed by atoms with Gasteiger partial charge in [-0.25, -0.2) is 4.79 Å². The van der Waals surface area contributed by atoms with Crippen molar-refractivity contribution in [2.75, 3.05) is 32.0 Å². The molecule has 5 N–H and O–H groups in total. The largest absolute Gasteiger partial charge is 0.444 e. The number of benzene rings is 2. The molecule has 0 radical (unpaired) electrons. The van der Waals surface area contributed by atoms with Gasteiger partial charge in [0.05, 0.1) is 23.4 Å². The lowest BCUT2D eigenvalue weighted by Crippen LogP contribution is -2.66. The molecule has 0 fully saturated rings. The van der Waals surface area contributed by atoms with E-state index in [4.69, 9.17) is 10.5 Å². The van der Waals surface area contributed by atoms with Gasteiger partial charge in [-0.1, -0.05) is 44.5 Å². The minimum absolute atomic E-state index is 0.159. The average Bonchev–Trinajstić information content (AvgIpc) is 2.91. The van der Waals surface area contributed by atoms with Crippen molar-refractivity contribution in [2.24, 2.45) is 11.1 Å². The van der Waals surface area contributed by atoms with Crippen molar-refractivity contribution in [3.05, 3.63) is 64.2 Å². The molecule has 0 aromatic heterocycles. The quantitative estimate of drug-likeness (QED) is 0.241. The summed E-state index contributed by atoms with van der Waals surface area (Å²) >= 11 is 0. The number of primary amides is 1. The van der Waals surface area contributed by atoms with E-state index in [-0.39, 0.29) is 12.1 Å². The van der Waals surface area contributed by atoms with Crippen LogP contribution in [0.25, 0.3) is 0 Å². The number of nitrogens with zero attached hydrogens (tertiary/aromatic N) is 1. The van der Waals surface area contributed by atoms with E-state index < -0.39 is 64.2 Å². The van der Waals surface area contributed by atoms with Crippen LogP contribution in [0.5, 0.6) is 0 Å². The summed E-state index contributed by atoms with van der Waals surface area (Å²) in [7, 11) is 1.90. The SMILES string of the molecule is Cc1ccc(CCN(C)CCC(NC(=O)CNC(=O)c2cc(C(F)(F)F)ccc2NC(=O)OC(C)(C)C)(C(N)=O)C(C)(C)C)c(C)c1. The molecule has 10 nitrogen and oxygen atoms in total. The lowest BCUT2D eigenvalue weighted by Gasteiger charge is -2.43. The zero-order valence-corrected chi connectivity index (χ0v) is 28.7. The number of rotatable bonds is 12. The van der Waals surface area contributed by atoms with Crippen LogP contribution in [0.15, 0.2) is 36.4 Å². The Balaban J connectivity index is 2.20. The molecule has 47 heavy (non-hydrogen) atoms. The summed E-state index contributed by atoms with van der Waals surface area (Å²) in [5, 5.41) is 7.28. The number of aryl methyl sites for hydroxylation is 2. The highest BCUT2D eigenvalue weighted by atomic mass is 19.4. The van der Waals surface area contributed by atoms with Gasteiger partial charge in [0.2, 0.25) is 11.8 Å². The Hall–Kier alpha value is -4.13. The lowest BCUT2D eigenvalue weighted by molar-refractivity contribution is -0.137. The fourth-order valence-corrected chi connectivity index (χ4v) is 5.06. The molecule has 0 spiro atoms. The van der Waals surface area contributed by atoms with Gasteiger partial charge in [-0.05, 0) is 89.2 Å². The van der Waals surface area contributed by atoms with Gasteiger partial charge in [-0.15, -0.1) is 0 Å². The van der Waals surface area contributed by atoms with Crippen molar-refractivity contribution in [1.82, 2.24) is 15.5 Å². The first-order valence-corrected chi connectivity index (χ1v) is 15.3. The van der Waals surface area contributed by atoms with E-state index in [0.29, 0.717) is 25.2 Å². The Morgan fingerprint density at radius 1 is 0.915 bits per heavy atom. The molecule has 4 amide bonds. The van der Waals surface area contributed by atoms with E-state index in [0.717, 1.165) is 12.5 Å². The van der Waals surface area contributed by atoms with Crippen molar-refractivity contribution in [1.29, 1.82) is 0 Å². The molecule has 1 unspecified atom stereocenters. The van der Waals surface area contributed by atoms with Crippen LogP contribution < -0.4 is 21.7 Å². The second-order valence-corrected chi connectivity index (χ2v) is 13.9. The van der Waals surface area contributed by atoms with Crippen molar-refractivity contribution < 1.29 is 37.1 Å². The monoisotopic (exact) mass is 663 g/mol. The summed E-state index contributed by atoms with van der Waals surface area (Å²) in [6, 6.07) is 8.46. The number of carbonyl (C=O) groups excluding carboxylic acids is 4. The Labute approximate surface area is 275 Å². The topological polar surface area (TPSA) is 143 Å². The molecule has 13 heteroatoms. The zero-order chi connectivity index (χ0) is 36.0. The number of hydrogen-bond acceptors (Lipinski definition) is 6. The maximum absolute atomic E-state index is 13.5. The van der Waals surface area contributed by atoms with E-state index in [1.165, 1.54) is 16.7 Å². The number of ether oxygens (including phenoxy) is 1. The Morgan fingerprint density at radius 2 is 1.55 bits per heavy atom. The van der Waals surface area contributed by atoms with E-state index in [1.54, 1.807) is 41.5 Å². The molecular formula is C34H48F3N5O5. The van der Waals surface area contributed by atoms with Gasteiger partial charge in [-0.2, -0.15) is 13.2 Å². The molecule has 260 valence electrons. The van der Waals surface area contributed by atoms with E-state index in [9.17, 15) is 32.3 Å². The van der Waals surface area contributed by atoms with Crippen LogP contribution in [-0.2, 0) is 26.9 Å². The highest BCUT2D eigenvalue weighted by Gasteiger charge is 2.48. The molecule has 0 heterocycles. The number of alkyl halides is 3. The van der Waals surface area contributed by atoms with Crippen LogP contribution in [0.3, 0.4) is 0 Å². The van der Waals surface area contributed by atoms with Crippen LogP contribution in [0.4, 0.5) is 23.7 Å². The number of amides is 4. The summed E-state index contributed by atoms with van der Waals surface area (Å²) in [6.45, 7) is 14.5. The molecular weight excluding hydrogens is 615 g/mol. The summed E-state index contributed by atoms with van der Waals surface area (Å²) < 4.78 is 45.6. The van der Waals surface area contributed by atoms with Gasteiger partial charge >= 0.3 is 12.3 Å². The predicted octanol–water partition coefficient (Wildman–Crippen LogP) is 5.35. The maximum atomic E-state index is 13.5. The van der Waals surface area contributed by atoms with Crippen LogP contribution >= 0.6 is 0 Å². The number of carbonyl (C=O) groups is 4. The van der Waals surface area contributed by atoms with Crippen molar-refractivity contribution >= 4 is 29.5 Å². The minimum atomic E-state index is -4.78. The number of nitrogens with one attached hydrogen (secondary N) is 3. The maximum Gasteiger partial charge on any atom is 0.416 e. The molecule has 0 saturated heterocycles. The smallest absolute Gasteiger partial charge is 0.416 e. The molecule has 2 rings (SSSR count). The first-order chi connectivity index (χ1) is 21.4. The molecule has 1 atom stereocenters. The highest BCUT2D eigenvalue weighted by molar-refractivity contribution is 6.04. The summed E-state index contributed by atoms with van der Waals surface area (Å²) in [6.07, 6.45) is -4.83. The number of halogens is 3. The van der Waals surface area contributed by atoms with Crippen molar-refractivity contribution in [2.45, 2.75) is 85.5 Å². The Morgan fingerprint density at radius 3 is 2.09 bits per heavy atom. The van der Waals surface area contributed by atoms with Crippen LogP contribution in [0, 0.1) is 19.3 Å². The third-order valence-electron chi connectivity index (χ3n) is 7.82. The first-order valence-electron chi connectivity index (χ1n) is 15.3. The molecule has 0 saturated carbocycles. The molecule has 0 aliphatic heterocycles. The Kier molecular flexibility index (Phi) is 12.6. The molecule has 2 aromatic rings. The summed E-state index contributed by atoms with van der Waals surface area (Å²) in [5.41, 5.74) is 4.24. The normalized spacial score (nSPS) is 13.5. The third kappa shape index (κ3) is 11.3. The van der Waals surface area contributed by atoms with E-state index in [1.807, 2.05) is 18.9 Å². The van der Waals surface area contributed by atoms with Gasteiger partial charge in [0.15, 0.2) is 0 Å². The van der Waals surface area contributed by atoms with Gasteiger partial charge in [0.1, 0.15) is 11.1 Å². The number of hydrogen-bond donors (Lipinski definition) is 4. The number of likely N-dealkylation sites (N-methyl/N-ethyl adjacent to an activating group) is 1. The van der Waals surface area contributed by atoms with Crippen molar-refractivity contribution in [3.8, 4) is 0 Å². The molecule has 0 aliphatic rings. The van der Waals surface area contributed by atoms with Crippen LogP contribution in [0.2, 0.25) is 0 Å². The fraction of sp³-hybridized carbons (Fsp3) is 0.529. The fourth-order valence-electron chi connectivity index (χ4n) is 5.06. The van der Waals surface area contributed by atoms with Crippen molar-refractivity contribution in [3.63, 3.8) is 0 Å². The molecule has 0 bridgehead atoms. The molecule has 2 aromatic carbocycles. The summed E-state index contributed by atoms with van der Waals surface area (Å²) in [5.74, 6) is -2.61. The van der Waals surface area contributed by atoms with E-state index >= 15 is 0 Å². The molecule has 0 aliphatic carbocycles. The second-order valence-electron chi connectivity index (χ2n) is 13.9. The first kappa shape index (κ1) is 39.1. The van der Waals surface area contributed by atoms with Crippen LogP contribution in [-0.4, -0.2) is 66.5 Å². The van der Waals surface area contributed by atoms with Gasteiger partial charge in [0.25, 0.3) is 5.91 Å². The standard InChI is InChI=1S/C34H48F3N5O5/c1-21-10-11-23(22(2)18-21)14-16-42(9)17-15-33(29(38)45,31(3,4)5)41-27(43)20-39-28(44)25-19-24(34(35,36)37)12-13-26(25)40-30(46)47-32(6,7)8/h10-13,18-19H,14-17,20H2,1-9H3,(H2,38,45)(H,39,44)(H,40,46)(H,41,43). The van der Waals surface area contributed by atoms with Gasteiger partial charge in [0, 0.05) is 13.1 Å². The predicted molar refractivity (Wildman–Crippen MR) is 175 cm³/mol. The zero-order valence-electron chi connectivity index (χ0n) is 28.7. The number of nitrogens with two attached hydrogens (primary N) is 1. The third-order valence-corrected chi connectivity index (χ3v) is 7.82. The highest BCUT2D eigenvalue weighted by Crippen LogP contribution is 2.34. The summed E-state index contributed by atoms with van der Waals surface area (Å²) in [4.78, 5) is 53.6. The minimum Gasteiger partial charge on any atom is -0.444 e. The van der Waals surface area contributed by atoms with Gasteiger partial charge < -0.3 is 26.0 Å². The number of anilines is 1.